The number of para-hydroxylation sites is 1. The van der Waals surface area contributed by atoms with E-state index < -0.39 is 17.6 Å². The van der Waals surface area contributed by atoms with Gasteiger partial charge in [-0.2, -0.15) is 0 Å². The number of rotatable bonds is 4. The minimum absolute atomic E-state index is 0.0692. The molecule has 3 aromatic rings. The minimum atomic E-state index is -0.876. The summed E-state index contributed by atoms with van der Waals surface area (Å²) < 4.78 is 15.4. The predicted molar refractivity (Wildman–Crippen MR) is 98.1 cm³/mol. The number of hydrogen-bond acceptors (Lipinski definition) is 6. The number of esters is 2. The van der Waals surface area contributed by atoms with Crippen molar-refractivity contribution in [2.45, 2.75) is 13.5 Å². The maximum atomic E-state index is 12.4. The molecule has 3 rings (SSSR count). The molecule has 2 aromatic carbocycles. The Labute approximate surface area is 155 Å². The van der Waals surface area contributed by atoms with E-state index in [1.807, 2.05) is 0 Å². The first-order chi connectivity index (χ1) is 13.0. The number of fused-ring (bicyclic) bond motifs is 1. The van der Waals surface area contributed by atoms with E-state index in [-0.39, 0.29) is 17.9 Å². The Hall–Kier alpha value is -3.57. The van der Waals surface area contributed by atoms with Gasteiger partial charge in [0.05, 0.1) is 0 Å². The van der Waals surface area contributed by atoms with Gasteiger partial charge in [-0.15, -0.1) is 0 Å². The molecule has 0 aliphatic rings. The van der Waals surface area contributed by atoms with Gasteiger partial charge in [0.2, 0.25) is 0 Å². The molecule has 0 N–H and O–H groups in total. The number of carbonyl (C=O) groups excluding carboxylic acids is 2. The summed E-state index contributed by atoms with van der Waals surface area (Å²) in [6, 6.07) is 12.8. The van der Waals surface area contributed by atoms with Crippen molar-refractivity contribution < 1.29 is 23.5 Å². The van der Waals surface area contributed by atoms with Crippen LogP contribution >= 0.6 is 0 Å². The molecule has 1 aromatic heterocycles. The van der Waals surface area contributed by atoms with Crippen LogP contribution in [-0.2, 0) is 16.1 Å². The third-order valence-electron chi connectivity index (χ3n) is 3.70. The van der Waals surface area contributed by atoms with Gasteiger partial charge in [-0.3, -0.25) is 4.79 Å². The van der Waals surface area contributed by atoms with Crippen LogP contribution in [0.3, 0.4) is 0 Å². The Morgan fingerprint density at radius 3 is 2.67 bits per heavy atom. The van der Waals surface area contributed by atoms with Crippen molar-refractivity contribution in [1.82, 2.24) is 0 Å². The molecule has 0 saturated carbocycles. The second kappa shape index (κ2) is 7.76. The molecule has 7 heteroatoms. The van der Waals surface area contributed by atoms with E-state index in [0.717, 1.165) is 0 Å². The first kappa shape index (κ1) is 18.2. The van der Waals surface area contributed by atoms with E-state index in [1.165, 1.54) is 19.1 Å². The molecule has 0 bridgehead atoms. The van der Waals surface area contributed by atoms with E-state index in [1.54, 1.807) is 36.4 Å². The number of ether oxygens (including phenoxy) is 2. The van der Waals surface area contributed by atoms with Gasteiger partial charge in [-0.05, 0) is 0 Å². The predicted octanol–water partition coefficient (Wildman–Crippen LogP) is 2.55. The molecule has 0 saturated heterocycles. The van der Waals surface area contributed by atoms with Gasteiger partial charge >= 0.3 is 143 Å². The van der Waals surface area contributed by atoms with Crippen LogP contribution in [-0.4, -0.2) is 19.3 Å². The van der Waals surface area contributed by atoms with Gasteiger partial charge < -0.3 is 0 Å². The van der Waals surface area contributed by atoms with E-state index in [9.17, 15) is 14.4 Å². The molecule has 6 nitrogen and oxygen atoms in total. The van der Waals surface area contributed by atoms with Crippen molar-refractivity contribution in [3.63, 3.8) is 0 Å². The zero-order chi connectivity index (χ0) is 19.4. The summed E-state index contributed by atoms with van der Waals surface area (Å²) in [5.41, 5.74) is 0.285. The summed E-state index contributed by atoms with van der Waals surface area (Å²) in [6.45, 7) is 1.38. The maximum absolute atomic E-state index is 12.4. The van der Waals surface area contributed by atoms with Crippen LogP contribution < -0.4 is 10.4 Å². The molecule has 132 valence electrons. The van der Waals surface area contributed by atoms with E-state index >= 15 is 0 Å². The molecule has 0 atom stereocenters. The summed E-state index contributed by atoms with van der Waals surface area (Å²) >= 11 is 0. The van der Waals surface area contributed by atoms with Gasteiger partial charge in [0, 0.05) is 6.92 Å². The van der Waals surface area contributed by atoms with Crippen molar-refractivity contribution >= 4 is 30.2 Å². The Morgan fingerprint density at radius 1 is 1.15 bits per heavy atom. The monoisotopic (exact) mass is 360 g/mol. The van der Waals surface area contributed by atoms with Gasteiger partial charge in [0.25, 0.3) is 0 Å². The Balaban J connectivity index is 1.94. The first-order valence-electron chi connectivity index (χ1n) is 7.96. The van der Waals surface area contributed by atoms with Gasteiger partial charge in [-0.1, -0.05) is 0 Å². The normalized spacial score (nSPS) is 10.3. The fourth-order valence-corrected chi connectivity index (χ4v) is 2.42. The van der Waals surface area contributed by atoms with Crippen molar-refractivity contribution in [2.75, 3.05) is 0 Å². The second-order valence-corrected chi connectivity index (χ2v) is 5.63. The SMILES string of the molecule is B#Cc1ccccc1OC(=O)c1cc2cc(COC(C)=O)ccc2oc1=O. The zero-order valence-electron chi connectivity index (χ0n) is 14.4. The first-order valence-corrected chi connectivity index (χ1v) is 7.96. The third-order valence-corrected chi connectivity index (χ3v) is 3.70. The molecule has 0 amide bonds. The Kier molecular flexibility index (Phi) is 5.24. The van der Waals surface area contributed by atoms with E-state index in [2.05, 4.69) is 5.80 Å². The van der Waals surface area contributed by atoms with Crippen molar-refractivity contribution in [1.29, 1.82) is 0 Å². The summed E-state index contributed by atoms with van der Waals surface area (Å²) in [5.74, 6) is 1.29. The fraction of sp³-hybridized carbons (Fsp3) is 0.100. The number of hydrogen-bond donors (Lipinski definition) is 0. The van der Waals surface area contributed by atoms with E-state index in [0.29, 0.717) is 22.1 Å². The molecule has 0 radical (unpaired) electrons. The fourth-order valence-electron chi connectivity index (χ4n) is 2.42. The summed E-state index contributed by atoms with van der Waals surface area (Å²) in [5, 5.41) is 0.497. The summed E-state index contributed by atoms with van der Waals surface area (Å²) in [6.07, 6.45) is 0. The van der Waals surface area contributed by atoms with Crippen LogP contribution in [0.5, 0.6) is 5.75 Å². The summed E-state index contributed by atoms with van der Waals surface area (Å²) in [4.78, 5) is 35.5. The second-order valence-electron chi connectivity index (χ2n) is 5.63. The third kappa shape index (κ3) is 4.16. The van der Waals surface area contributed by atoms with Crippen LogP contribution in [0.25, 0.3) is 11.0 Å². The molecule has 0 fully saturated rings. The molecule has 27 heavy (non-hydrogen) atoms. The average Bonchev–Trinajstić information content (AvgIpc) is 2.66. The molecular weight excluding hydrogens is 347 g/mol. The van der Waals surface area contributed by atoms with Crippen LogP contribution in [0.1, 0.15) is 28.4 Å². The Morgan fingerprint density at radius 2 is 1.93 bits per heavy atom. The van der Waals surface area contributed by atoms with E-state index in [4.69, 9.17) is 21.2 Å². The van der Waals surface area contributed by atoms with Crippen molar-refractivity contribution in [3.8, 4) is 11.6 Å². The van der Waals surface area contributed by atoms with Crippen molar-refractivity contribution in [3.05, 3.63) is 75.6 Å². The number of benzene rings is 2. The zero-order valence-corrected chi connectivity index (χ0v) is 14.4. The quantitative estimate of drug-likeness (QED) is 0.308. The van der Waals surface area contributed by atoms with Crippen LogP contribution in [0.15, 0.2) is 57.7 Å². The van der Waals surface area contributed by atoms with Crippen LogP contribution in [0.4, 0.5) is 0 Å². The molecule has 0 unspecified atom stereocenters. The van der Waals surface area contributed by atoms with Crippen LogP contribution in [0.2, 0.25) is 0 Å². The average molecular weight is 360 g/mol. The standard InChI is InChI=1S/C20H13BO6/c1-12(22)25-11-13-6-7-18-15(8-13)9-16(20(24)27-18)19(23)26-17-5-3-2-4-14(17)10-21/h2-9H,11H2,1H3. The van der Waals surface area contributed by atoms with Gasteiger partial charge in [-0.25, -0.2) is 0 Å². The molecular formula is C20H13BO6. The van der Waals surface area contributed by atoms with Gasteiger partial charge in [0.15, 0.2) is 0 Å². The number of carbonyl (C=O) groups is 2. The van der Waals surface area contributed by atoms with Crippen molar-refractivity contribution in [2.24, 2.45) is 0 Å². The van der Waals surface area contributed by atoms with Crippen LogP contribution in [0, 0.1) is 5.80 Å². The molecule has 0 aliphatic heterocycles. The summed E-state index contributed by atoms with van der Waals surface area (Å²) in [7, 11) is 5.38. The Bertz CT molecular complexity index is 1140. The topological polar surface area (TPSA) is 82.8 Å². The molecule has 1 heterocycles. The molecule has 0 spiro atoms. The van der Waals surface area contributed by atoms with Gasteiger partial charge in [0.1, 0.15) is 0 Å². The molecule has 0 aliphatic carbocycles.